The Balaban J connectivity index is 1.14. The Hall–Kier alpha value is -4.84. The van der Waals surface area contributed by atoms with E-state index in [1.807, 2.05) is 0 Å². The van der Waals surface area contributed by atoms with Gasteiger partial charge in [0.2, 0.25) is 6.29 Å². The minimum absolute atomic E-state index is 0.120. The van der Waals surface area contributed by atoms with E-state index in [1.165, 1.54) is 76.0 Å². The lowest BCUT2D eigenvalue weighted by atomic mass is 9.85. The van der Waals surface area contributed by atoms with Gasteiger partial charge in [-0.3, -0.25) is 0 Å². The lowest BCUT2D eigenvalue weighted by Crippen LogP contribution is -2.61. The number of benzene rings is 2. The lowest BCUT2D eigenvalue weighted by molar-refractivity contribution is -0.347. The number of carbonyl (C=O) groups excluding carboxylic acids is 2. The fourth-order valence-electron chi connectivity index (χ4n) is 8.09. The average molecular weight is 861 g/mol. The van der Waals surface area contributed by atoms with Crippen LogP contribution in [0.3, 0.4) is 0 Å². The van der Waals surface area contributed by atoms with E-state index in [0.717, 1.165) is 12.2 Å². The first-order valence-electron chi connectivity index (χ1n) is 19.3. The molecule has 2 aromatic carbocycles. The third-order valence-corrected chi connectivity index (χ3v) is 11.4. The zero-order valence-corrected chi connectivity index (χ0v) is 33.0. The number of aromatic hydroxyl groups is 2. The number of aliphatic hydroxyl groups is 6. The summed E-state index contributed by atoms with van der Waals surface area (Å²) in [4.78, 5) is 26.8. The van der Waals surface area contributed by atoms with E-state index in [2.05, 4.69) is 0 Å². The number of esters is 2. The highest BCUT2D eigenvalue weighted by Gasteiger charge is 2.77. The van der Waals surface area contributed by atoms with E-state index in [9.17, 15) is 50.4 Å². The molecule has 20 nitrogen and oxygen atoms in total. The maximum atomic E-state index is 13.5. The van der Waals surface area contributed by atoms with Crippen molar-refractivity contribution in [1.82, 2.24) is 0 Å². The second-order valence-corrected chi connectivity index (χ2v) is 15.1. The van der Waals surface area contributed by atoms with Gasteiger partial charge in [0.15, 0.2) is 47.8 Å². The summed E-state index contributed by atoms with van der Waals surface area (Å²) in [6.07, 6.45) is -10.8. The molecule has 0 aromatic heterocycles. The van der Waals surface area contributed by atoms with E-state index in [4.69, 9.17) is 47.4 Å². The number of rotatable bonds is 14. The number of fused-ring (bicyclic) bond motifs is 3. The Morgan fingerprint density at radius 3 is 1.92 bits per heavy atom. The Bertz CT molecular complexity index is 1990. The number of ether oxygens (including phenoxy) is 10. The second kappa shape index (κ2) is 18.2. The van der Waals surface area contributed by atoms with Crippen LogP contribution in [0.25, 0.3) is 12.2 Å². The molecule has 16 atom stereocenters. The van der Waals surface area contributed by atoms with Crippen molar-refractivity contribution < 1.29 is 97.8 Å². The summed E-state index contributed by atoms with van der Waals surface area (Å²) in [5.41, 5.74) is -0.438. The summed E-state index contributed by atoms with van der Waals surface area (Å²) < 4.78 is 57.8. The van der Waals surface area contributed by atoms with Gasteiger partial charge in [0.05, 0.1) is 51.8 Å². The third kappa shape index (κ3) is 8.79. The maximum Gasteiger partial charge on any atom is 0.331 e. The number of hydrogen-bond acceptors (Lipinski definition) is 20. The fraction of sp³-hybridized carbons (Fsp3) is 0.512. The van der Waals surface area contributed by atoms with Crippen LogP contribution in [0.4, 0.5) is 0 Å². The van der Waals surface area contributed by atoms with Crippen LogP contribution < -0.4 is 9.47 Å². The molecular formula is C41H48O20. The van der Waals surface area contributed by atoms with Crippen molar-refractivity contribution in [2.45, 2.75) is 92.4 Å². The lowest BCUT2D eigenvalue weighted by Gasteiger charge is -2.44. The van der Waals surface area contributed by atoms with Crippen LogP contribution in [0, 0.1) is 11.8 Å². The number of phenolic OH excluding ortho intramolecular Hbond substituents is 2. The number of methoxy groups -OCH3 is 2. The van der Waals surface area contributed by atoms with Crippen molar-refractivity contribution in [3.05, 3.63) is 72.0 Å². The first kappa shape index (κ1) is 44.2. The van der Waals surface area contributed by atoms with Gasteiger partial charge in [-0.1, -0.05) is 12.1 Å². The monoisotopic (exact) mass is 860 g/mol. The molecule has 4 fully saturated rings. The van der Waals surface area contributed by atoms with Crippen LogP contribution in [0.2, 0.25) is 0 Å². The molecule has 7 rings (SSSR count). The minimum Gasteiger partial charge on any atom is -0.504 e. The van der Waals surface area contributed by atoms with Gasteiger partial charge in [-0.15, -0.1) is 0 Å². The van der Waals surface area contributed by atoms with Gasteiger partial charge in [-0.25, -0.2) is 9.59 Å². The van der Waals surface area contributed by atoms with Gasteiger partial charge in [0.1, 0.15) is 42.2 Å². The highest BCUT2D eigenvalue weighted by atomic mass is 16.8. The summed E-state index contributed by atoms with van der Waals surface area (Å²) in [5.74, 6) is -3.43. The molecule has 4 aliphatic heterocycles. The number of epoxide rings is 1. The van der Waals surface area contributed by atoms with Crippen LogP contribution in [0.1, 0.15) is 18.1 Å². The standard InChI is InChI=1S/C41H48O20/c1-18-30(48)35(57-27(46)10-6-19-4-8-22(44)24(14-19)52-2)36(58-28(47)11-7-20-5-9-23(45)25(15-20)53-3)40(55-18)59-34-21-12-13-54-38(29(21)41(17-43)37(34)61-41)60-39-33(51)32(50)31(49)26(16-42)56-39/h4-15,18,21,26,29-40,42-45,48-51H,16-17H2,1-3H3/b10-6+,11-7+/t18-,21?,26-,29?,30+,31-,32+,33-,34+,35-,36+,37+,38+,39+,40+,41-/m1/s1. The Kier molecular flexibility index (Phi) is 13.2. The number of carbonyl (C=O) groups is 2. The van der Waals surface area contributed by atoms with E-state index >= 15 is 0 Å². The van der Waals surface area contributed by atoms with E-state index in [-0.39, 0.29) is 23.0 Å². The molecule has 2 aromatic rings. The van der Waals surface area contributed by atoms with Crippen LogP contribution in [-0.2, 0) is 47.5 Å². The normalized spacial score (nSPS) is 37.8. The van der Waals surface area contributed by atoms with E-state index < -0.39 is 122 Å². The molecule has 61 heavy (non-hydrogen) atoms. The predicted molar refractivity (Wildman–Crippen MR) is 203 cm³/mol. The third-order valence-electron chi connectivity index (χ3n) is 11.4. The molecule has 1 saturated carbocycles. The smallest absolute Gasteiger partial charge is 0.331 e. The topological polar surface area (TPSA) is 292 Å². The van der Waals surface area contributed by atoms with Crippen molar-refractivity contribution in [3.63, 3.8) is 0 Å². The van der Waals surface area contributed by atoms with E-state index in [1.54, 1.807) is 6.08 Å². The SMILES string of the molecule is COc1cc(/C=C/C(=O)O[C@@H]2[C@H](O[C@H]3C4C=CO[C@@H](O[C@@H]5O[C@H](CO)[C@@H](O)[C@H](O)[C@H]5O)C4[C@@]4(CO)O[C@@H]34)O[C@H](C)[C@H](O)[C@H]2OC(=O)/C=C/c2ccc(O)c(OC)c2)ccc1O. The molecular weight excluding hydrogens is 812 g/mol. The largest absolute Gasteiger partial charge is 0.504 e. The molecule has 0 spiro atoms. The Labute approximate surface area is 348 Å². The van der Waals surface area contributed by atoms with Gasteiger partial charge in [-0.05, 0) is 60.5 Å². The average Bonchev–Trinajstić information content (AvgIpc) is 3.93. The summed E-state index contributed by atoms with van der Waals surface area (Å²) in [5, 5.41) is 83.0. The first-order chi connectivity index (χ1) is 29.2. The zero-order chi connectivity index (χ0) is 43.7. The summed E-state index contributed by atoms with van der Waals surface area (Å²) in [7, 11) is 2.72. The van der Waals surface area contributed by atoms with Crippen molar-refractivity contribution in [2.75, 3.05) is 27.4 Å². The molecule has 5 aliphatic rings. The van der Waals surface area contributed by atoms with Gasteiger partial charge < -0.3 is 88.2 Å². The zero-order valence-electron chi connectivity index (χ0n) is 33.0. The second-order valence-electron chi connectivity index (χ2n) is 15.1. The Morgan fingerprint density at radius 2 is 1.34 bits per heavy atom. The predicted octanol–water partition coefficient (Wildman–Crippen LogP) is -0.781. The van der Waals surface area contributed by atoms with Gasteiger partial charge in [0, 0.05) is 18.1 Å². The molecule has 0 bridgehead atoms. The molecule has 0 amide bonds. The van der Waals surface area contributed by atoms with Gasteiger partial charge >= 0.3 is 11.9 Å². The highest BCUT2D eigenvalue weighted by molar-refractivity contribution is 5.88. The molecule has 8 N–H and O–H groups in total. The first-order valence-corrected chi connectivity index (χ1v) is 19.3. The number of phenols is 2. The molecule has 3 saturated heterocycles. The molecule has 4 heterocycles. The minimum atomic E-state index is -1.76. The summed E-state index contributed by atoms with van der Waals surface area (Å²) in [6.45, 7) is 0.222. The number of hydrogen-bond donors (Lipinski definition) is 8. The van der Waals surface area contributed by atoms with Crippen molar-refractivity contribution in [1.29, 1.82) is 0 Å². The highest BCUT2D eigenvalue weighted by Crippen LogP contribution is 2.61. The molecule has 1 aliphatic carbocycles. The molecule has 0 radical (unpaired) electrons. The van der Waals surface area contributed by atoms with E-state index in [0.29, 0.717) is 11.1 Å². The molecule has 20 heteroatoms. The maximum absolute atomic E-state index is 13.5. The van der Waals surface area contributed by atoms with Crippen molar-refractivity contribution in [2.24, 2.45) is 11.8 Å². The van der Waals surface area contributed by atoms with Crippen LogP contribution >= 0.6 is 0 Å². The van der Waals surface area contributed by atoms with Crippen LogP contribution in [0.5, 0.6) is 23.0 Å². The van der Waals surface area contributed by atoms with Crippen LogP contribution in [-0.4, -0.2) is 166 Å². The van der Waals surface area contributed by atoms with Crippen LogP contribution in [0.15, 0.2) is 60.9 Å². The van der Waals surface area contributed by atoms with Crippen molar-refractivity contribution in [3.8, 4) is 23.0 Å². The van der Waals surface area contributed by atoms with Gasteiger partial charge in [0.25, 0.3) is 0 Å². The fourth-order valence-corrected chi connectivity index (χ4v) is 8.09. The Morgan fingerprint density at radius 1 is 0.738 bits per heavy atom. The summed E-state index contributed by atoms with van der Waals surface area (Å²) >= 11 is 0. The number of aliphatic hydroxyl groups excluding tert-OH is 6. The molecule has 332 valence electrons. The van der Waals surface area contributed by atoms with Crippen molar-refractivity contribution >= 4 is 24.1 Å². The van der Waals surface area contributed by atoms with Gasteiger partial charge in [-0.2, -0.15) is 0 Å². The molecule has 2 unspecified atom stereocenters. The summed E-state index contributed by atoms with van der Waals surface area (Å²) in [6, 6.07) is 8.70. The quantitative estimate of drug-likeness (QED) is 0.0657.